The second-order valence-electron chi connectivity index (χ2n) is 8.73. The van der Waals surface area contributed by atoms with Crippen molar-refractivity contribution in [2.24, 2.45) is 0 Å². The van der Waals surface area contributed by atoms with E-state index in [0.717, 1.165) is 5.56 Å². The van der Waals surface area contributed by atoms with Gasteiger partial charge >= 0.3 is 6.09 Å². The van der Waals surface area contributed by atoms with Gasteiger partial charge in [0, 0.05) is 27.1 Å². The Labute approximate surface area is 209 Å². The van der Waals surface area contributed by atoms with E-state index in [2.05, 4.69) is 15.9 Å². The van der Waals surface area contributed by atoms with Gasteiger partial charge in [0.2, 0.25) is 0 Å². The van der Waals surface area contributed by atoms with E-state index in [0.29, 0.717) is 35.6 Å². The van der Waals surface area contributed by atoms with Crippen LogP contribution in [-0.4, -0.2) is 75.9 Å². The van der Waals surface area contributed by atoms with E-state index >= 15 is 0 Å². The third kappa shape index (κ3) is 8.57. The molecular formula is C24H34BrNO8. The summed E-state index contributed by atoms with van der Waals surface area (Å²) in [4.78, 5) is 26.3. The number of hydrogen-bond donors (Lipinski definition) is 0. The number of hydrogen-bond acceptors (Lipinski definition) is 8. The van der Waals surface area contributed by atoms with E-state index in [1.165, 1.54) is 18.1 Å². The predicted molar refractivity (Wildman–Crippen MR) is 129 cm³/mol. The number of ketones is 1. The monoisotopic (exact) mass is 543 g/mol. The maximum Gasteiger partial charge on any atom is 0.410 e. The zero-order chi connectivity index (χ0) is 25.3. The maximum absolute atomic E-state index is 12.5. The first-order valence-corrected chi connectivity index (χ1v) is 11.7. The Hall–Kier alpha value is -2.14. The SMILES string of the molecule is COCCOCO[C@H]1C=CC(=O)[C@@H](Oc2c(OC)ccc(CN(C)C(=O)OC(C)(C)C)c2Br)C1. The van der Waals surface area contributed by atoms with E-state index in [-0.39, 0.29) is 25.2 Å². The minimum atomic E-state index is -0.766. The summed E-state index contributed by atoms with van der Waals surface area (Å²) in [7, 11) is 4.77. The Kier molecular flexibility index (Phi) is 10.8. The van der Waals surface area contributed by atoms with Crippen LogP contribution in [0.3, 0.4) is 0 Å². The molecule has 0 heterocycles. The van der Waals surface area contributed by atoms with Crippen molar-refractivity contribution in [3.63, 3.8) is 0 Å². The van der Waals surface area contributed by atoms with Crippen LogP contribution in [0.25, 0.3) is 0 Å². The molecule has 1 aromatic carbocycles. The highest BCUT2D eigenvalue weighted by atomic mass is 79.9. The fourth-order valence-electron chi connectivity index (χ4n) is 3.06. The van der Waals surface area contributed by atoms with Crippen molar-refractivity contribution in [2.75, 3.05) is 41.3 Å². The maximum atomic E-state index is 12.5. The van der Waals surface area contributed by atoms with Gasteiger partial charge in [0.25, 0.3) is 0 Å². The molecule has 0 bridgehead atoms. The molecule has 0 radical (unpaired) electrons. The predicted octanol–water partition coefficient (Wildman–Crippen LogP) is 4.11. The van der Waals surface area contributed by atoms with Crippen molar-refractivity contribution < 1.29 is 38.0 Å². The molecule has 1 aliphatic rings. The zero-order valence-electron chi connectivity index (χ0n) is 20.6. The smallest absolute Gasteiger partial charge is 0.410 e. The topological polar surface area (TPSA) is 92.8 Å². The van der Waals surface area contributed by atoms with Crippen LogP contribution in [0.4, 0.5) is 4.79 Å². The number of halogens is 1. The summed E-state index contributed by atoms with van der Waals surface area (Å²) in [6, 6.07) is 3.56. The summed E-state index contributed by atoms with van der Waals surface area (Å²) in [5.41, 5.74) is 0.168. The fraction of sp³-hybridized carbons (Fsp3) is 0.583. The zero-order valence-corrected chi connectivity index (χ0v) is 22.2. The molecule has 0 fully saturated rings. The average molecular weight is 544 g/mol. The fourth-order valence-corrected chi connectivity index (χ4v) is 3.60. The Morgan fingerprint density at radius 3 is 2.59 bits per heavy atom. The van der Waals surface area contributed by atoms with Crippen LogP contribution in [0, 0.1) is 0 Å². The van der Waals surface area contributed by atoms with E-state index in [9.17, 15) is 9.59 Å². The van der Waals surface area contributed by atoms with Crippen molar-refractivity contribution in [3.8, 4) is 11.5 Å². The molecule has 1 amide bonds. The first-order chi connectivity index (χ1) is 16.1. The van der Waals surface area contributed by atoms with E-state index < -0.39 is 17.8 Å². The average Bonchev–Trinajstić information content (AvgIpc) is 2.77. The van der Waals surface area contributed by atoms with E-state index in [1.807, 2.05) is 26.8 Å². The highest BCUT2D eigenvalue weighted by molar-refractivity contribution is 9.10. The third-order valence-corrected chi connectivity index (χ3v) is 5.64. The molecule has 0 aliphatic heterocycles. The Morgan fingerprint density at radius 1 is 1.21 bits per heavy atom. The highest BCUT2D eigenvalue weighted by Gasteiger charge is 2.29. The lowest BCUT2D eigenvalue weighted by Gasteiger charge is -2.27. The lowest BCUT2D eigenvalue weighted by Crippen LogP contribution is -2.35. The van der Waals surface area contributed by atoms with E-state index in [1.54, 1.807) is 26.3 Å². The van der Waals surface area contributed by atoms with Gasteiger partial charge in [0.05, 0.1) is 30.9 Å². The van der Waals surface area contributed by atoms with Crippen LogP contribution in [0.5, 0.6) is 11.5 Å². The van der Waals surface area contributed by atoms with Crippen LogP contribution in [0.15, 0.2) is 28.8 Å². The summed E-state index contributed by atoms with van der Waals surface area (Å²) in [5.74, 6) is 0.657. The second-order valence-corrected chi connectivity index (χ2v) is 9.53. The van der Waals surface area contributed by atoms with Crippen LogP contribution >= 0.6 is 15.9 Å². The summed E-state index contributed by atoms with van der Waals surface area (Å²) < 4.78 is 33.5. The van der Waals surface area contributed by atoms with Crippen LogP contribution in [0.2, 0.25) is 0 Å². The number of ether oxygens (including phenoxy) is 6. The first kappa shape index (κ1) is 28.1. The number of methoxy groups -OCH3 is 2. The molecule has 10 heteroatoms. The number of carbonyl (C=O) groups is 2. The molecule has 0 aromatic heterocycles. The van der Waals surface area contributed by atoms with Crippen molar-refractivity contribution in [1.29, 1.82) is 0 Å². The normalized spacial score (nSPS) is 18.0. The number of nitrogens with zero attached hydrogens (tertiary/aromatic N) is 1. The number of carbonyl (C=O) groups excluding carboxylic acids is 2. The summed E-state index contributed by atoms with van der Waals surface area (Å²) in [6.45, 7) is 6.67. The van der Waals surface area contributed by atoms with Gasteiger partial charge in [0.1, 0.15) is 12.4 Å². The first-order valence-electron chi connectivity index (χ1n) is 10.9. The Morgan fingerprint density at radius 2 is 1.94 bits per heavy atom. The summed E-state index contributed by atoms with van der Waals surface area (Å²) >= 11 is 3.56. The lowest BCUT2D eigenvalue weighted by molar-refractivity contribution is -0.127. The Bertz CT molecular complexity index is 867. The minimum absolute atomic E-state index is 0.0821. The largest absolute Gasteiger partial charge is 0.493 e. The van der Waals surface area contributed by atoms with Gasteiger partial charge in [-0.1, -0.05) is 12.1 Å². The number of benzene rings is 1. The molecule has 0 unspecified atom stereocenters. The molecule has 34 heavy (non-hydrogen) atoms. The van der Waals surface area contributed by atoms with Crippen LogP contribution < -0.4 is 9.47 Å². The van der Waals surface area contributed by atoms with Crippen molar-refractivity contribution in [1.82, 2.24) is 4.90 Å². The molecule has 0 N–H and O–H groups in total. The molecule has 190 valence electrons. The molecule has 0 saturated heterocycles. The van der Waals surface area contributed by atoms with Gasteiger partial charge < -0.3 is 33.3 Å². The summed E-state index contributed by atoms with van der Waals surface area (Å²) in [5, 5.41) is 0. The van der Waals surface area contributed by atoms with Crippen molar-refractivity contribution in [3.05, 3.63) is 34.3 Å². The molecule has 1 aromatic rings. The van der Waals surface area contributed by atoms with Gasteiger partial charge in [-0.05, 0) is 54.4 Å². The van der Waals surface area contributed by atoms with Gasteiger partial charge in [-0.15, -0.1) is 0 Å². The second kappa shape index (κ2) is 13.1. The molecule has 0 saturated carbocycles. The molecule has 2 rings (SSSR count). The molecule has 2 atom stereocenters. The van der Waals surface area contributed by atoms with Crippen LogP contribution in [-0.2, 0) is 30.3 Å². The lowest BCUT2D eigenvalue weighted by atomic mass is 10.0. The standard InChI is InChI=1S/C24H34BrNO8/c1-24(2,3)34-23(28)26(4)14-16-7-10-19(30-6)22(21(16)25)33-20-13-17(8-9-18(20)27)32-15-31-12-11-29-5/h7-10,17,20H,11-15H2,1-6H3/t17-,20-/m0/s1. The Balaban J connectivity index is 2.11. The molecule has 0 spiro atoms. The molecular weight excluding hydrogens is 510 g/mol. The van der Waals surface area contributed by atoms with E-state index in [4.69, 9.17) is 28.4 Å². The van der Waals surface area contributed by atoms with Crippen molar-refractivity contribution >= 4 is 27.8 Å². The number of amides is 1. The van der Waals surface area contributed by atoms with Crippen molar-refractivity contribution in [2.45, 2.75) is 51.5 Å². The molecule has 9 nitrogen and oxygen atoms in total. The summed E-state index contributed by atoms with van der Waals surface area (Å²) in [6.07, 6.45) is 1.92. The third-order valence-electron chi connectivity index (χ3n) is 4.77. The van der Waals surface area contributed by atoms with Gasteiger partial charge in [0.15, 0.2) is 23.4 Å². The minimum Gasteiger partial charge on any atom is -0.493 e. The highest BCUT2D eigenvalue weighted by Crippen LogP contribution is 2.40. The van der Waals surface area contributed by atoms with Crippen LogP contribution in [0.1, 0.15) is 32.8 Å². The van der Waals surface area contributed by atoms with Gasteiger partial charge in [-0.3, -0.25) is 4.79 Å². The molecule has 1 aliphatic carbocycles. The number of rotatable bonds is 11. The quantitative estimate of drug-likeness (QED) is 0.304. The van der Waals surface area contributed by atoms with Gasteiger partial charge in [-0.25, -0.2) is 4.79 Å². The van der Waals surface area contributed by atoms with Gasteiger partial charge in [-0.2, -0.15) is 0 Å².